The second kappa shape index (κ2) is 8.51. The average Bonchev–Trinajstić information content (AvgIpc) is 1.83. The summed E-state index contributed by atoms with van der Waals surface area (Å²) >= 11 is 0. The first kappa shape index (κ1) is 14.0. The van der Waals surface area contributed by atoms with Gasteiger partial charge >= 0.3 is 11.9 Å². The van der Waals surface area contributed by atoms with E-state index in [1.54, 1.807) is 0 Å². The first-order chi connectivity index (χ1) is 5.90. The maximum absolute atomic E-state index is 9.82. The van der Waals surface area contributed by atoms with E-state index in [1.807, 2.05) is 6.92 Å². The molecule has 4 N–H and O–H groups in total. The molecule has 0 radical (unpaired) electrons. The lowest BCUT2D eigenvalue weighted by molar-refractivity contribution is -0.147. The number of carbonyl (C=O) groups is 3. The Labute approximate surface area is 75.3 Å². The molecule has 0 rings (SSSR count). The van der Waals surface area contributed by atoms with E-state index in [0.29, 0.717) is 6.42 Å². The minimum absolute atomic E-state index is 0.211. The largest absolute Gasteiger partial charge is 0.481 e. The second-order valence-corrected chi connectivity index (χ2v) is 2.18. The Morgan fingerprint density at radius 2 is 1.54 bits per heavy atom. The molecule has 76 valence electrons. The average molecular weight is 191 g/mol. The predicted molar refractivity (Wildman–Crippen MR) is 44.0 cm³/mol. The molecule has 6 heteroatoms. The summed E-state index contributed by atoms with van der Waals surface area (Å²) in [5, 5.41) is 15.4. The highest BCUT2D eigenvalue weighted by molar-refractivity contribution is 5.88. The number of nitrogens with two attached hydrogens (primary N) is 1. The van der Waals surface area contributed by atoms with Crippen LogP contribution in [0.4, 0.5) is 0 Å². The van der Waals surface area contributed by atoms with Gasteiger partial charge in [-0.05, 0) is 6.42 Å². The van der Waals surface area contributed by atoms with Crippen molar-refractivity contribution in [2.45, 2.75) is 26.2 Å². The standard InChI is InChI=1S/C4H9NO.C3H4O4/c1-2-3-4(5)6;4-2(5)1-3(6)7/h2-3H2,1H3,(H2,5,6);1H2,(H,4,5)(H,6,7). The summed E-state index contributed by atoms with van der Waals surface area (Å²) in [5.41, 5.74) is 4.76. The predicted octanol–water partition coefficient (Wildman–Crippen LogP) is -0.182. The van der Waals surface area contributed by atoms with Crippen LogP contribution in [0.1, 0.15) is 26.2 Å². The Bertz CT molecular complexity index is 177. The highest BCUT2D eigenvalue weighted by atomic mass is 16.4. The molecule has 13 heavy (non-hydrogen) atoms. The summed E-state index contributed by atoms with van der Waals surface area (Å²) in [7, 11) is 0. The number of rotatable bonds is 4. The van der Waals surface area contributed by atoms with Crippen molar-refractivity contribution in [3.8, 4) is 0 Å². The van der Waals surface area contributed by atoms with Crippen LogP contribution >= 0.6 is 0 Å². The third-order valence-corrected chi connectivity index (χ3v) is 0.799. The van der Waals surface area contributed by atoms with E-state index in [-0.39, 0.29) is 5.91 Å². The van der Waals surface area contributed by atoms with Gasteiger partial charge in [0.1, 0.15) is 6.42 Å². The van der Waals surface area contributed by atoms with Gasteiger partial charge in [-0.3, -0.25) is 14.4 Å². The van der Waals surface area contributed by atoms with E-state index in [9.17, 15) is 14.4 Å². The summed E-state index contributed by atoms with van der Waals surface area (Å²) in [6.45, 7) is 1.92. The maximum atomic E-state index is 9.82. The first-order valence-corrected chi connectivity index (χ1v) is 3.62. The van der Waals surface area contributed by atoms with Gasteiger partial charge in [0.2, 0.25) is 5.91 Å². The number of aliphatic carboxylic acids is 2. The SMILES string of the molecule is CCCC(N)=O.O=C(O)CC(=O)O. The molecule has 0 aliphatic heterocycles. The zero-order chi connectivity index (χ0) is 10.9. The molecular weight excluding hydrogens is 178 g/mol. The lowest BCUT2D eigenvalue weighted by Gasteiger charge is -1.81. The molecule has 0 saturated heterocycles. The molecule has 0 atom stereocenters. The van der Waals surface area contributed by atoms with Crippen molar-refractivity contribution in [2.75, 3.05) is 0 Å². The molecule has 0 bridgehead atoms. The summed E-state index contributed by atoms with van der Waals surface area (Å²) in [5.74, 6) is -2.84. The zero-order valence-electron chi connectivity index (χ0n) is 7.32. The third kappa shape index (κ3) is 25.2. The van der Waals surface area contributed by atoms with Crippen LogP contribution < -0.4 is 5.73 Å². The van der Waals surface area contributed by atoms with Crippen molar-refractivity contribution in [3.63, 3.8) is 0 Å². The Morgan fingerprint density at radius 1 is 1.15 bits per heavy atom. The van der Waals surface area contributed by atoms with Crippen LogP contribution in [0.15, 0.2) is 0 Å². The van der Waals surface area contributed by atoms with Gasteiger partial charge in [-0.15, -0.1) is 0 Å². The highest BCUT2D eigenvalue weighted by Crippen LogP contribution is 1.79. The van der Waals surface area contributed by atoms with E-state index in [4.69, 9.17) is 15.9 Å². The van der Waals surface area contributed by atoms with E-state index in [0.717, 1.165) is 6.42 Å². The van der Waals surface area contributed by atoms with Gasteiger partial charge in [-0.2, -0.15) is 0 Å². The van der Waals surface area contributed by atoms with Crippen molar-refractivity contribution >= 4 is 17.8 Å². The van der Waals surface area contributed by atoms with Crippen LogP contribution in [0.5, 0.6) is 0 Å². The van der Waals surface area contributed by atoms with Crippen LogP contribution in [0.2, 0.25) is 0 Å². The molecule has 1 amide bonds. The van der Waals surface area contributed by atoms with E-state index >= 15 is 0 Å². The van der Waals surface area contributed by atoms with Crippen LogP contribution in [0, 0.1) is 0 Å². The number of primary amides is 1. The fourth-order valence-electron chi connectivity index (χ4n) is 0.376. The number of carboxylic acid groups (broad SMARTS) is 2. The van der Waals surface area contributed by atoms with Gasteiger partial charge < -0.3 is 15.9 Å². The van der Waals surface area contributed by atoms with Gasteiger partial charge in [0.05, 0.1) is 0 Å². The zero-order valence-corrected chi connectivity index (χ0v) is 7.32. The van der Waals surface area contributed by atoms with E-state index < -0.39 is 18.4 Å². The molecule has 0 aliphatic rings. The quantitative estimate of drug-likeness (QED) is 0.532. The summed E-state index contributed by atoms with van der Waals surface area (Å²) in [6.07, 6.45) is 0.565. The minimum atomic E-state index is -1.31. The molecule has 0 fully saturated rings. The highest BCUT2D eigenvalue weighted by Gasteiger charge is 2.01. The number of hydrogen-bond acceptors (Lipinski definition) is 3. The molecule has 0 aliphatic carbocycles. The summed E-state index contributed by atoms with van der Waals surface area (Å²) in [6, 6.07) is 0. The lowest BCUT2D eigenvalue weighted by atomic mass is 10.3. The van der Waals surface area contributed by atoms with E-state index in [2.05, 4.69) is 0 Å². The molecule has 0 aromatic rings. The Hall–Kier alpha value is -1.59. The second-order valence-electron chi connectivity index (χ2n) is 2.18. The molecule has 0 saturated carbocycles. The van der Waals surface area contributed by atoms with E-state index in [1.165, 1.54) is 0 Å². The normalized spacial score (nSPS) is 8.08. The van der Waals surface area contributed by atoms with Crippen molar-refractivity contribution < 1.29 is 24.6 Å². The summed E-state index contributed by atoms with van der Waals surface area (Å²) < 4.78 is 0. The van der Waals surface area contributed by atoms with Gasteiger partial charge in [0, 0.05) is 6.42 Å². The van der Waals surface area contributed by atoms with Gasteiger partial charge in [0.15, 0.2) is 0 Å². The first-order valence-electron chi connectivity index (χ1n) is 3.62. The topological polar surface area (TPSA) is 118 Å². The maximum Gasteiger partial charge on any atom is 0.314 e. The molecule has 0 aromatic carbocycles. The fourth-order valence-corrected chi connectivity index (χ4v) is 0.376. The number of carboxylic acids is 2. The lowest BCUT2D eigenvalue weighted by Crippen LogP contribution is -2.08. The van der Waals surface area contributed by atoms with Crippen molar-refractivity contribution in [1.29, 1.82) is 0 Å². The smallest absolute Gasteiger partial charge is 0.314 e. The minimum Gasteiger partial charge on any atom is -0.481 e. The van der Waals surface area contributed by atoms with Gasteiger partial charge in [0.25, 0.3) is 0 Å². The van der Waals surface area contributed by atoms with Crippen LogP contribution in [-0.4, -0.2) is 28.1 Å². The van der Waals surface area contributed by atoms with Crippen LogP contribution in [0.25, 0.3) is 0 Å². The number of hydrogen-bond donors (Lipinski definition) is 3. The number of amides is 1. The monoisotopic (exact) mass is 191 g/mol. The Kier molecular flexibility index (Phi) is 9.14. The molecule has 6 nitrogen and oxygen atoms in total. The fraction of sp³-hybridized carbons (Fsp3) is 0.571. The molecular formula is C7H13NO5. The van der Waals surface area contributed by atoms with Crippen molar-refractivity contribution in [1.82, 2.24) is 0 Å². The molecule has 0 heterocycles. The van der Waals surface area contributed by atoms with Crippen LogP contribution in [-0.2, 0) is 14.4 Å². The third-order valence-electron chi connectivity index (χ3n) is 0.799. The molecule has 0 spiro atoms. The van der Waals surface area contributed by atoms with Crippen molar-refractivity contribution in [3.05, 3.63) is 0 Å². The Morgan fingerprint density at radius 3 is 1.54 bits per heavy atom. The van der Waals surface area contributed by atoms with Gasteiger partial charge in [-0.1, -0.05) is 6.92 Å². The van der Waals surface area contributed by atoms with Gasteiger partial charge in [-0.25, -0.2) is 0 Å². The molecule has 0 aromatic heterocycles. The van der Waals surface area contributed by atoms with Crippen molar-refractivity contribution in [2.24, 2.45) is 5.73 Å². The van der Waals surface area contributed by atoms with Crippen LogP contribution in [0.3, 0.4) is 0 Å². The Balaban J connectivity index is 0. The summed E-state index contributed by atoms with van der Waals surface area (Å²) in [4.78, 5) is 28.7. The number of carbonyl (C=O) groups excluding carboxylic acids is 1. The molecule has 0 unspecified atom stereocenters.